The number of aromatic nitrogens is 4. The topological polar surface area (TPSA) is 92.7 Å². The molecule has 0 atom stereocenters. The SMILES string of the molecule is CC(=O)N1CCN(Cc2nc3c(-c4cnc5ccc(C)cc5c4)cnn3c(N)c2Br)CC1. The quantitative estimate of drug-likeness (QED) is 0.470. The van der Waals surface area contributed by atoms with Crippen LogP contribution in [0.3, 0.4) is 0 Å². The van der Waals surface area contributed by atoms with Crippen LogP contribution in [0.1, 0.15) is 18.2 Å². The summed E-state index contributed by atoms with van der Waals surface area (Å²) in [5, 5.41) is 5.56. The monoisotopic (exact) mass is 493 g/mol. The van der Waals surface area contributed by atoms with Crippen LogP contribution in [0.4, 0.5) is 5.82 Å². The fraction of sp³-hybridized carbons (Fsp3) is 0.304. The van der Waals surface area contributed by atoms with E-state index in [4.69, 9.17) is 10.7 Å². The van der Waals surface area contributed by atoms with Crippen LogP contribution >= 0.6 is 15.9 Å². The molecule has 1 aliphatic heterocycles. The molecule has 4 heterocycles. The van der Waals surface area contributed by atoms with Crippen LogP contribution in [-0.2, 0) is 11.3 Å². The van der Waals surface area contributed by atoms with Crippen molar-refractivity contribution in [3.8, 4) is 11.1 Å². The Morgan fingerprint density at radius 1 is 1.16 bits per heavy atom. The number of halogens is 1. The molecule has 0 saturated carbocycles. The highest BCUT2D eigenvalue weighted by Gasteiger charge is 2.22. The van der Waals surface area contributed by atoms with E-state index in [-0.39, 0.29) is 5.91 Å². The van der Waals surface area contributed by atoms with Crippen LogP contribution in [0.2, 0.25) is 0 Å². The molecule has 1 saturated heterocycles. The second-order valence-corrected chi connectivity index (χ2v) is 9.05. The first-order valence-corrected chi connectivity index (χ1v) is 11.4. The molecule has 1 aliphatic rings. The number of pyridine rings is 1. The van der Waals surface area contributed by atoms with Crippen molar-refractivity contribution in [2.75, 3.05) is 31.9 Å². The number of amides is 1. The summed E-state index contributed by atoms with van der Waals surface area (Å²) in [5.74, 6) is 0.640. The lowest BCUT2D eigenvalue weighted by Crippen LogP contribution is -2.47. The molecule has 1 fully saturated rings. The predicted octanol–water partition coefficient (Wildman–Crippen LogP) is 3.26. The van der Waals surface area contributed by atoms with Crippen molar-refractivity contribution in [2.24, 2.45) is 0 Å². The van der Waals surface area contributed by atoms with Gasteiger partial charge in [-0.25, -0.2) is 4.98 Å². The van der Waals surface area contributed by atoms with E-state index >= 15 is 0 Å². The van der Waals surface area contributed by atoms with Crippen molar-refractivity contribution in [2.45, 2.75) is 20.4 Å². The highest BCUT2D eigenvalue weighted by atomic mass is 79.9. The van der Waals surface area contributed by atoms with Gasteiger partial charge in [-0.2, -0.15) is 9.61 Å². The third-order valence-electron chi connectivity index (χ3n) is 6.03. The van der Waals surface area contributed by atoms with E-state index in [2.05, 4.69) is 56.0 Å². The number of carbonyl (C=O) groups excluding carboxylic acids is 1. The second-order valence-electron chi connectivity index (χ2n) is 8.25. The van der Waals surface area contributed by atoms with Gasteiger partial charge in [-0.05, 0) is 41.1 Å². The molecule has 0 spiro atoms. The fourth-order valence-electron chi connectivity index (χ4n) is 4.18. The standard InChI is InChI=1S/C23H24BrN7O/c1-14-3-4-19-16(9-14)10-17(11-26-19)18-12-27-31-22(25)21(24)20(28-23(18)31)13-29-5-7-30(8-6-29)15(2)32/h3-4,9-12H,5-8,13,25H2,1-2H3. The van der Waals surface area contributed by atoms with Crippen molar-refractivity contribution in [1.29, 1.82) is 0 Å². The number of hydrogen-bond acceptors (Lipinski definition) is 6. The molecule has 9 heteroatoms. The molecule has 0 bridgehead atoms. The summed E-state index contributed by atoms with van der Waals surface area (Å²) in [4.78, 5) is 25.3. The first-order valence-electron chi connectivity index (χ1n) is 10.6. The molecular formula is C23H24BrN7O. The first kappa shape index (κ1) is 20.8. The van der Waals surface area contributed by atoms with Gasteiger partial charge in [0.15, 0.2) is 5.65 Å². The molecule has 2 N–H and O–H groups in total. The van der Waals surface area contributed by atoms with Gasteiger partial charge in [0.05, 0.1) is 21.9 Å². The van der Waals surface area contributed by atoms with Crippen LogP contribution in [0, 0.1) is 6.92 Å². The Labute approximate surface area is 194 Å². The molecule has 1 aromatic carbocycles. The van der Waals surface area contributed by atoms with Crippen LogP contribution in [0.25, 0.3) is 27.7 Å². The highest BCUT2D eigenvalue weighted by Crippen LogP contribution is 2.31. The number of aryl methyl sites for hydroxylation is 1. The molecular weight excluding hydrogens is 470 g/mol. The van der Waals surface area contributed by atoms with Gasteiger partial charge < -0.3 is 10.6 Å². The van der Waals surface area contributed by atoms with Gasteiger partial charge in [0, 0.05) is 62.4 Å². The number of nitrogens with two attached hydrogens (primary N) is 1. The fourth-order valence-corrected chi connectivity index (χ4v) is 4.56. The largest absolute Gasteiger partial charge is 0.383 e. The van der Waals surface area contributed by atoms with Crippen LogP contribution in [0.15, 0.2) is 41.1 Å². The molecule has 3 aromatic heterocycles. The van der Waals surface area contributed by atoms with E-state index in [1.165, 1.54) is 5.56 Å². The molecule has 4 aromatic rings. The van der Waals surface area contributed by atoms with Gasteiger partial charge in [0.25, 0.3) is 0 Å². The van der Waals surface area contributed by atoms with Crippen molar-refractivity contribution in [3.63, 3.8) is 0 Å². The lowest BCUT2D eigenvalue weighted by atomic mass is 10.1. The Kier molecular flexibility index (Phi) is 5.30. The lowest BCUT2D eigenvalue weighted by Gasteiger charge is -2.34. The average molecular weight is 494 g/mol. The summed E-state index contributed by atoms with van der Waals surface area (Å²) in [5.41, 5.74) is 12.0. The third kappa shape index (κ3) is 3.71. The van der Waals surface area contributed by atoms with E-state index in [0.29, 0.717) is 18.0 Å². The van der Waals surface area contributed by atoms with Crippen molar-refractivity contribution in [3.05, 3.63) is 52.4 Å². The van der Waals surface area contributed by atoms with Crippen molar-refractivity contribution < 1.29 is 4.79 Å². The summed E-state index contributed by atoms with van der Waals surface area (Å²) in [7, 11) is 0. The second kappa shape index (κ2) is 8.14. The maximum Gasteiger partial charge on any atom is 0.219 e. The molecule has 5 rings (SSSR count). The van der Waals surface area contributed by atoms with Crippen LogP contribution < -0.4 is 5.73 Å². The molecule has 0 aliphatic carbocycles. The number of fused-ring (bicyclic) bond motifs is 2. The van der Waals surface area contributed by atoms with Gasteiger partial charge in [0.2, 0.25) is 5.91 Å². The summed E-state index contributed by atoms with van der Waals surface area (Å²) in [6, 6.07) is 8.34. The van der Waals surface area contributed by atoms with E-state index in [0.717, 1.165) is 58.4 Å². The maximum absolute atomic E-state index is 11.6. The molecule has 8 nitrogen and oxygen atoms in total. The van der Waals surface area contributed by atoms with Crippen molar-refractivity contribution in [1.82, 2.24) is 29.4 Å². The van der Waals surface area contributed by atoms with E-state index in [1.807, 2.05) is 17.2 Å². The normalized spacial score (nSPS) is 15.0. The Hall–Kier alpha value is -3.04. The Morgan fingerprint density at radius 2 is 1.94 bits per heavy atom. The van der Waals surface area contributed by atoms with Gasteiger partial charge in [-0.15, -0.1) is 0 Å². The predicted molar refractivity (Wildman–Crippen MR) is 128 cm³/mol. The van der Waals surface area contributed by atoms with E-state index in [1.54, 1.807) is 17.6 Å². The Bertz CT molecular complexity index is 1340. The number of piperazine rings is 1. The Morgan fingerprint density at radius 3 is 2.69 bits per heavy atom. The minimum absolute atomic E-state index is 0.123. The number of carbonyl (C=O) groups is 1. The zero-order valence-electron chi connectivity index (χ0n) is 18.0. The molecule has 32 heavy (non-hydrogen) atoms. The molecule has 164 valence electrons. The number of hydrogen-bond donors (Lipinski definition) is 1. The highest BCUT2D eigenvalue weighted by molar-refractivity contribution is 9.10. The molecule has 0 unspecified atom stereocenters. The number of nitrogens with zero attached hydrogens (tertiary/aromatic N) is 6. The summed E-state index contributed by atoms with van der Waals surface area (Å²) in [6.07, 6.45) is 3.65. The van der Waals surface area contributed by atoms with Crippen LogP contribution in [0.5, 0.6) is 0 Å². The van der Waals surface area contributed by atoms with Gasteiger partial charge in [-0.3, -0.25) is 14.7 Å². The average Bonchev–Trinajstić information content (AvgIpc) is 3.21. The van der Waals surface area contributed by atoms with Gasteiger partial charge >= 0.3 is 0 Å². The van der Waals surface area contributed by atoms with Gasteiger partial charge in [-0.1, -0.05) is 11.6 Å². The van der Waals surface area contributed by atoms with E-state index in [9.17, 15) is 4.79 Å². The van der Waals surface area contributed by atoms with Crippen LogP contribution in [-0.4, -0.2) is 61.5 Å². The third-order valence-corrected chi connectivity index (χ3v) is 6.89. The number of anilines is 1. The zero-order valence-corrected chi connectivity index (χ0v) is 19.6. The smallest absolute Gasteiger partial charge is 0.219 e. The molecule has 0 radical (unpaired) electrons. The lowest BCUT2D eigenvalue weighted by molar-refractivity contribution is -0.130. The summed E-state index contributed by atoms with van der Waals surface area (Å²) < 4.78 is 2.41. The summed E-state index contributed by atoms with van der Waals surface area (Å²) in [6.45, 7) is 7.40. The minimum Gasteiger partial charge on any atom is -0.383 e. The molecule has 1 amide bonds. The minimum atomic E-state index is 0.123. The van der Waals surface area contributed by atoms with E-state index < -0.39 is 0 Å². The zero-order chi connectivity index (χ0) is 22.4. The number of benzene rings is 1. The first-order chi connectivity index (χ1) is 15.4. The van der Waals surface area contributed by atoms with Gasteiger partial charge in [0.1, 0.15) is 5.82 Å². The summed E-state index contributed by atoms with van der Waals surface area (Å²) >= 11 is 3.62. The maximum atomic E-state index is 11.6. The van der Waals surface area contributed by atoms with Crippen molar-refractivity contribution >= 4 is 44.2 Å². The number of nitrogen functional groups attached to an aromatic ring is 1. The Balaban J connectivity index is 1.51. The number of rotatable bonds is 3.